The lowest BCUT2D eigenvalue weighted by Crippen LogP contribution is -2.26. The van der Waals surface area contributed by atoms with E-state index < -0.39 is 0 Å². The average Bonchev–Trinajstić information content (AvgIpc) is 2.77. The standard InChI is InChI=1S/C23H26N4O2/c1-29-20-11-5-9-19(15-20)12-14-24-22-16-21(26-17-27-22)23(28)25-13-6-10-18-7-3-2-4-8-18/h2-5,7-9,11,15-17H,6,10,12-14H2,1H3,(H,25,28)(H,24,26,27). The number of carbonyl (C=O) groups is 1. The van der Waals surface area contributed by atoms with E-state index in [1.165, 1.54) is 17.5 Å². The molecular weight excluding hydrogens is 364 g/mol. The summed E-state index contributed by atoms with van der Waals surface area (Å²) in [5.41, 5.74) is 2.80. The van der Waals surface area contributed by atoms with Gasteiger partial charge < -0.3 is 15.4 Å². The van der Waals surface area contributed by atoms with Crippen LogP contribution < -0.4 is 15.4 Å². The first kappa shape index (κ1) is 20.3. The van der Waals surface area contributed by atoms with Gasteiger partial charge in [-0.05, 0) is 42.5 Å². The molecule has 0 aliphatic heterocycles. The molecule has 0 aliphatic carbocycles. The molecule has 6 nitrogen and oxygen atoms in total. The molecule has 1 heterocycles. The van der Waals surface area contributed by atoms with Crippen molar-refractivity contribution in [3.8, 4) is 5.75 Å². The van der Waals surface area contributed by atoms with Crippen LogP contribution in [0.25, 0.3) is 0 Å². The molecule has 0 spiro atoms. The zero-order valence-corrected chi connectivity index (χ0v) is 16.6. The fourth-order valence-corrected chi connectivity index (χ4v) is 2.97. The number of hydrogen-bond acceptors (Lipinski definition) is 5. The normalized spacial score (nSPS) is 10.4. The van der Waals surface area contributed by atoms with Crippen LogP contribution in [0.4, 0.5) is 5.82 Å². The highest BCUT2D eigenvalue weighted by Crippen LogP contribution is 2.13. The maximum absolute atomic E-state index is 12.3. The summed E-state index contributed by atoms with van der Waals surface area (Å²) < 4.78 is 5.24. The van der Waals surface area contributed by atoms with E-state index >= 15 is 0 Å². The SMILES string of the molecule is COc1cccc(CCNc2cc(C(=O)NCCCc3ccccc3)ncn2)c1. The van der Waals surface area contributed by atoms with Gasteiger partial charge in [-0.1, -0.05) is 42.5 Å². The van der Waals surface area contributed by atoms with Crippen LogP contribution in [0.3, 0.4) is 0 Å². The molecule has 0 radical (unpaired) electrons. The average molecular weight is 390 g/mol. The largest absolute Gasteiger partial charge is 0.497 e. The molecule has 3 aromatic rings. The Kier molecular flexibility index (Phi) is 7.57. The molecule has 0 fully saturated rings. The Labute approximate surface area is 171 Å². The fraction of sp³-hybridized carbons (Fsp3) is 0.261. The molecule has 2 aromatic carbocycles. The highest BCUT2D eigenvalue weighted by Gasteiger charge is 2.08. The van der Waals surface area contributed by atoms with Crippen LogP contribution in [0.5, 0.6) is 5.75 Å². The van der Waals surface area contributed by atoms with E-state index in [0.29, 0.717) is 24.6 Å². The molecule has 0 bridgehead atoms. The van der Waals surface area contributed by atoms with Gasteiger partial charge >= 0.3 is 0 Å². The first-order valence-corrected chi connectivity index (χ1v) is 9.75. The molecule has 2 N–H and O–H groups in total. The first-order valence-electron chi connectivity index (χ1n) is 9.75. The van der Waals surface area contributed by atoms with Crippen LogP contribution >= 0.6 is 0 Å². The lowest BCUT2D eigenvalue weighted by atomic mass is 10.1. The van der Waals surface area contributed by atoms with Crippen LogP contribution in [0, 0.1) is 0 Å². The molecule has 0 aliphatic rings. The smallest absolute Gasteiger partial charge is 0.270 e. The zero-order valence-electron chi connectivity index (χ0n) is 16.6. The Morgan fingerprint density at radius 2 is 1.76 bits per heavy atom. The molecule has 0 atom stereocenters. The van der Waals surface area contributed by atoms with E-state index in [0.717, 1.165) is 25.0 Å². The summed E-state index contributed by atoms with van der Waals surface area (Å²) in [6.45, 7) is 1.30. The number of benzene rings is 2. The van der Waals surface area contributed by atoms with Crippen molar-refractivity contribution in [2.24, 2.45) is 0 Å². The lowest BCUT2D eigenvalue weighted by Gasteiger charge is -2.08. The van der Waals surface area contributed by atoms with Crippen molar-refractivity contribution in [1.82, 2.24) is 15.3 Å². The minimum absolute atomic E-state index is 0.184. The van der Waals surface area contributed by atoms with Crippen molar-refractivity contribution < 1.29 is 9.53 Å². The van der Waals surface area contributed by atoms with Crippen molar-refractivity contribution in [3.63, 3.8) is 0 Å². The molecular formula is C23H26N4O2. The molecule has 0 unspecified atom stereocenters. The number of amides is 1. The minimum Gasteiger partial charge on any atom is -0.497 e. The number of hydrogen-bond donors (Lipinski definition) is 2. The maximum Gasteiger partial charge on any atom is 0.270 e. The molecule has 1 amide bonds. The Balaban J connectivity index is 1.43. The summed E-state index contributed by atoms with van der Waals surface area (Å²) >= 11 is 0. The predicted octanol–water partition coefficient (Wildman–Crippen LogP) is 3.50. The van der Waals surface area contributed by atoms with E-state index in [4.69, 9.17) is 4.74 Å². The van der Waals surface area contributed by atoms with Gasteiger partial charge in [0, 0.05) is 19.2 Å². The number of nitrogens with zero attached hydrogens (tertiary/aromatic N) is 2. The van der Waals surface area contributed by atoms with Crippen molar-refractivity contribution in [2.75, 3.05) is 25.5 Å². The number of anilines is 1. The molecule has 150 valence electrons. The van der Waals surface area contributed by atoms with Crippen molar-refractivity contribution in [1.29, 1.82) is 0 Å². The number of nitrogens with one attached hydrogen (secondary N) is 2. The number of ether oxygens (including phenoxy) is 1. The lowest BCUT2D eigenvalue weighted by molar-refractivity contribution is 0.0948. The molecule has 0 saturated carbocycles. The molecule has 0 saturated heterocycles. The van der Waals surface area contributed by atoms with Crippen LogP contribution in [-0.2, 0) is 12.8 Å². The van der Waals surface area contributed by atoms with Gasteiger partial charge in [-0.3, -0.25) is 4.79 Å². The second kappa shape index (κ2) is 10.8. The Hall–Kier alpha value is -3.41. The third-order valence-electron chi connectivity index (χ3n) is 4.52. The van der Waals surface area contributed by atoms with Gasteiger partial charge in [0.15, 0.2) is 0 Å². The van der Waals surface area contributed by atoms with Crippen molar-refractivity contribution in [2.45, 2.75) is 19.3 Å². The van der Waals surface area contributed by atoms with Gasteiger partial charge in [-0.25, -0.2) is 9.97 Å². The monoisotopic (exact) mass is 390 g/mol. The van der Waals surface area contributed by atoms with Crippen LogP contribution in [0.15, 0.2) is 67.0 Å². The van der Waals surface area contributed by atoms with E-state index in [-0.39, 0.29) is 5.91 Å². The van der Waals surface area contributed by atoms with Gasteiger partial charge in [0.05, 0.1) is 7.11 Å². The van der Waals surface area contributed by atoms with Gasteiger partial charge in [-0.2, -0.15) is 0 Å². The Bertz CT molecular complexity index is 916. The minimum atomic E-state index is -0.184. The number of aryl methyl sites for hydroxylation is 1. The summed E-state index contributed by atoms with van der Waals surface area (Å²) in [7, 11) is 1.66. The van der Waals surface area contributed by atoms with Gasteiger partial charge in [0.1, 0.15) is 23.6 Å². The van der Waals surface area contributed by atoms with E-state index in [2.05, 4.69) is 38.8 Å². The highest BCUT2D eigenvalue weighted by molar-refractivity contribution is 5.92. The summed E-state index contributed by atoms with van der Waals surface area (Å²) in [5.74, 6) is 1.30. The third-order valence-corrected chi connectivity index (χ3v) is 4.52. The Morgan fingerprint density at radius 3 is 2.59 bits per heavy atom. The van der Waals surface area contributed by atoms with Gasteiger partial charge in [0.25, 0.3) is 5.91 Å². The summed E-state index contributed by atoms with van der Waals surface area (Å²) in [6.07, 6.45) is 4.05. The fourth-order valence-electron chi connectivity index (χ4n) is 2.97. The predicted molar refractivity (Wildman–Crippen MR) is 114 cm³/mol. The van der Waals surface area contributed by atoms with Crippen LogP contribution in [0.1, 0.15) is 28.0 Å². The van der Waals surface area contributed by atoms with E-state index in [1.54, 1.807) is 13.2 Å². The second-order valence-corrected chi connectivity index (χ2v) is 6.66. The quantitative estimate of drug-likeness (QED) is 0.518. The number of aromatic nitrogens is 2. The molecule has 6 heteroatoms. The molecule has 1 aromatic heterocycles. The maximum atomic E-state index is 12.3. The topological polar surface area (TPSA) is 76.1 Å². The summed E-state index contributed by atoms with van der Waals surface area (Å²) in [6, 6.07) is 19.9. The number of rotatable bonds is 10. The molecule has 29 heavy (non-hydrogen) atoms. The first-order chi connectivity index (χ1) is 14.2. The second-order valence-electron chi connectivity index (χ2n) is 6.66. The van der Waals surface area contributed by atoms with Crippen molar-refractivity contribution in [3.05, 3.63) is 83.8 Å². The summed E-state index contributed by atoms with van der Waals surface area (Å²) in [4.78, 5) is 20.6. The van der Waals surface area contributed by atoms with E-state index in [1.807, 2.05) is 36.4 Å². The molecule has 3 rings (SSSR count). The van der Waals surface area contributed by atoms with Crippen LogP contribution in [-0.4, -0.2) is 36.1 Å². The Morgan fingerprint density at radius 1 is 0.931 bits per heavy atom. The van der Waals surface area contributed by atoms with Crippen LogP contribution in [0.2, 0.25) is 0 Å². The summed E-state index contributed by atoms with van der Waals surface area (Å²) in [5, 5.41) is 6.16. The van der Waals surface area contributed by atoms with Gasteiger partial charge in [0.2, 0.25) is 0 Å². The zero-order chi connectivity index (χ0) is 20.3. The number of carbonyl (C=O) groups excluding carboxylic acids is 1. The van der Waals surface area contributed by atoms with Crippen molar-refractivity contribution >= 4 is 11.7 Å². The van der Waals surface area contributed by atoms with Gasteiger partial charge in [-0.15, -0.1) is 0 Å². The number of methoxy groups -OCH3 is 1. The third kappa shape index (κ3) is 6.60. The van der Waals surface area contributed by atoms with E-state index in [9.17, 15) is 4.79 Å². The highest BCUT2D eigenvalue weighted by atomic mass is 16.5.